The standard InChI is InChI=1S/C9H14O4/c1-3-4-5-7(6-8(10)11)9(12)13-2/h6H,3-5H2,1-2H3,(H,10,11). The van der Waals surface area contributed by atoms with Crippen molar-refractivity contribution >= 4 is 11.9 Å². The summed E-state index contributed by atoms with van der Waals surface area (Å²) in [5.41, 5.74) is 0.219. The van der Waals surface area contributed by atoms with Gasteiger partial charge in [0.1, 0.15) is 0 Å². The van der Waals surface area contributed by atoms with E-state index in [1.165, 1.54) is 7.11 Å². The third kappa shape index (κ3) is 5.00. The predicted molar refractivity (Wildman–Crippen MR) is 47.3 cm³/mol. The van der Waals surface area contributed by atoms with Crippen LogP contribution in [0.15, 0.2) is 11.6 Å². The van der Waals surface area contributed by atoms with Crippen LogP contribution in [0.1, 0.15) is 26.2 Å². The van der Waals surface area contributed by atoms with Gasteiger partial charge in [-0.25, -0.2) is 9.59 Å². The highest BCUT2D eigenvalue weighted by atomic mass is 16.5. The van der Waals surface area contributed by atoms with E-state index in [-0.39, 0.29) is 5.57 Å². The molecule has 0 fully saturated rings. The number of carboxylic acid groups (broad SMARTS) is 1. The van der Waals surface area contributed by atoms with Crippen LogP contribution in [0.5, 0.6) is 0 Å². The summed E-state index contributed by atoms with van der Waals surface area (Å²) in [6, 6.07) is 0. The van der Waals surface area contributed by atoms with E-state index in [0.717, 1.165) is 18.9 Å². The first kappa shape index (κ1) is 11.7. The SMILES string of the molecule is CCCCC(=CC(=O)O)C(=O)OC. The number of aliphatic carboxylic acids is 1. The number of methoxy groups -OCH3 is 1. The van der Waals surface area contributed by atoms with Gasteiger partial charge in [0.15, 0.2) is 0 Å². The van der Waals surface area contributed by atoms with Gasteiger partial charge in [0, 0.05) is 11.6 Å². The Morgan fingerprint density at radius 2 is 2.08 bits per heavy atom. The van der Waals surface area contributed by atoms with Crippen molar-refractivity contribution in [3.05, 3.63) is 11.6 Å². The minimum absolute atomic E-state index is 0.219. The van der Waals surface area contributed by atoms with Crippen molar-refractivity contribution in [1.29, 1.82) is 0 Å². The average molecular weight is 186 g/mol. The molecule has 0 saturated carbocycles. The van der Waals surface area contributed by atoms with Gasteiger partial charge in [0.25, 0.3) is 0 Å². The van der Waals surface area contributed by atoms with E-state index in [2.05, 4.69) is 4.74 Å². The van der Waals surface area contributed by atoms with Gasteiger partial charge in [0.05, 0.1) is 7.11 Å². The molecule has 13 heavy (non-hydrogen) atoms. The molecule has 0 radical (unpaired) electrons. The van der Waals surface area contributed by atoms with Crippen molar-refractivity contribution in [1.82, 2.24) is 0 Å². The summed E-state index contributed by atoms with van der Waals surface area (Å²) in [6.07, 6.45) is 3.05. The predicted octanol–water partition coefficient (Wildman–Crippen LogP) is 1.36. The lowest BCUT2D eigenvalue weighted by Crippen LogP contribution is -2.07. The van der Waals surface area contributed by atoms with E-state index in [1.54, 1.807) is 0 Å². The number of rotatable bonds is 5. The first-order valence-corrected chi connectivity index (χ1v) is 4.13. The maximum atomic E-state index is 11.0. The molecule has 0 bridgehead atoms. The molecule has 4 heteroatoms. The van der Waals surface area contributed by atoms with E-state index in [4.69, 9.17) is 5.11 Å². The fourth-order valence-corrected chi connectivity index (χ4v) is 0.881. The number of carbonyl (C=O) groups excluding carboxylic acids is 1. The summed E-state index contributed by atoms with van der Waals surface area (Å²) in [7, 11) is 1.24. The van der Waals surface area contributed by atoms with Gasteiger partial charge in [0.2, 0.25) is 0 Å². The maximum Gasteiger partial charge on any atom is 0.333 e. The molecular formula is C9H14O4. The summed E-state index contributed by atoms with van der Waals surface area (Å²) >= 11 is 0. The van der Waals surface area contributed by atoms with Crippen LogP contribution in [0.2, 0.25) is 0 Å². The van der Waals surface area contributed by atoms with Gasteiger partial charge in [-0.05, 0) is 12.8 Å². The third-order valence-electron chi connectivity index (χ3n) is 1.54. The Kier molecular flexibility index (Phi) is 5.59. The first-order chi connectivity index (χ1) is 6.11. The fourth-order valence-electron chi connectivity index (χ4n) is 0.881. The largest absolute Gasteiger partial charge is 0.478 e. The van der Waals surface area contributed by atoms with Gasteiger partial charge < -0.3 is 9.84 Å². The van der Waals surface area contributed by atoms with Crippen LogP contribution in [0.3, 0.4) is 0 Å². The molecule has 74 valence electrons. The Labute approximate surface area is 77.2 Å². The van der Waals surface area contributed by atoms with E-state index >= 15 is 0 Å². The smallest absolute Gasteiger partial charge is 0.333 e. The van der Waals surface area contributed by atoms with Crippen LogP contribution in [0.25, 0.3) is 0 Å². The normalized spacial score (nSPS) is 11.1. The molecule has 0 aromatic heterocycles. The van der Waals surface area contributed by atoms with Gasteiger partial charge >= 0.3 is 11.9 Å². The second kappa shape index (κ2) is 6.22. The highest BCUT2D eigenvalue weighted by molar-refractivity contribution is 5.95. The van der Waals surface area contributed by atoms with Crippen molar-refractivity contribution in [2.24, 2.45) is 0 Å². The van der Waals surface area contributed by atoms with E-state index in [0.29, 0.717) is 6.42 Å². The molecule has 0 spiro atoms. The maximum absolute atomic E-state index is 11.0. The Balaban J connectivity index is 4.36. The summed E-state index contributed by atoms with van der Waals surface area (Å²) in [5, 5.41) is 8.44. The zero-order valence-electron chi connectivity index (χ0n) is 7.87. The Morgan fingerprint density at radius 3 is 2.46 bits per heavy atom. The van der Waals surface area contributed by atoms with Crippen molar-refractivity contribution in [3.63, 3.8) is 0 Å². The Bertz CT molecular complexity index is 218. The molecule has 4 nitrogen and oxygen atoms in total. The van der Waals surface area contributed by atoms with Crippen LogP contribution < -0.4 is 0 Å². The molecule has 0 rings (SSSR count). The Hall–Kier alpha value is -1.32. The summed E-state index contributed by atoms with van der Waals surface area (Å²) in [5.74, 6) is -1.67. The van der Waals surface area contributed by atoms with Gasteiger partial charge in [-0.2, -0.15) is 0 Å². The van der Waals surface area contributed by atoms with Crippen LogP contribution in [0, 0.1) is 0 Å². The van der Waals surface area contributed by atoms with Crippen LogP contribution >= 0.6 is 0 Å². The molecule has 0 aliphatic carbocycles. The molecule has 0 heterocycles. The van der Waals surface area contributed by atoms with E-state index in [1.807, 2.05) is 6.92 Å². The molecule has 0 amide bonds. The quantitative estimate of drug-likeness (QED) is 0.520. The monoisotopic (exact) mass is 186 g/mol. The zero-order valence-corrected chi connectivity index (χ0v) is 7.87. The highest BCUT2D eigenvalue weighted by Gasteiger charge is 2.10. The van der Waals surface area contributed by atoms with Crippen molar-refractivity contribution < 1.29 is 19.4 Å². The number of carbonyl (C=O) groups is 2. The van der Waals surface area contributed by atoms with Crippen molar-refractivity contribution in [2.75, 3.05) is 7.11 Å². The topological polar surface area (TPSA) is 63.6 Å². The lowest BCUT2D eigenvalue weighted by Gasteiger charge is -2.02. The number of hydrogen-bond acceptors (Lipinski definition) is 3. The minimum atomic E-state index is -1.11. The molecule has 0 unspecified atom stereocenters. The van der Waals surface area contributed by atoms with Crippen molar-refractivity contribution in [2.45, 2.75) is 26.2 Å². The second-order valence-corrected chi connectivity index (χ2v) is 2.60. The number of ether oxygens (including phenoxy) is 1. The lowest BCUT2D eigenvalue weighted by atomic mass is 10.1. The number of hydrogen-bond donors (Lipinski definition) is 1. The fraction of sp³-hybridized carbons (Fsp3) is 0.556. The molecule has 0 aromatic rings. The van der Waals surface area contributed by atoms with E-state index in [9.17, 15) is 9.59 Å². The first-order valence-electron chi connectivity index (χ1n) is 4.13. The van der Waals surface area contributed by atoms with Crippen molar-refractivity contribution in [3.8, 4) is 0 Å². The second-order valence-electron chi connectivity index (χ2n) is 2.60. The lowest BCUT2D eigenvalue weighted by molar-refractivity contribution is -0.137. The summed E-state index contributed by atoms with van der Waals surface area (Å²) < 4.78 is 4.44. The molecular weight excluding hydrogens is 172 g/mol. The highest BCUT2D eigenvalue weighted by Crippen LogP contribution is 2.08. The number of carboxylic acids is 1. The van der Waals surface area contributed by atoms with Gasteiger partial charge in [-0.15, -0.1) is 0 Å². The number of unbranched alkanes of at least 4 members (excludes halogenated alkanes) is 1. The molecule has 1 N–H and O–H groups in total. The zero-order chi connectivity index (χ0) is 10.3. The summed E-state index contributed by atoms with van der Waals surface area (Å²) in [6.45, 7) is 1.97. The molecule has 0 aliphatic heterocycles. The van der Waals surface area contributed by atoms with Gasteiger partial charge in [-0.1, -0.05) is 13.3 Å². The minimum Gasteiger partial charge on any atom is -0.478 e. The average Bonchev–Trinajstić information content (AvgIpc) is 2.10. The summed E-state index contributed by atoms with van der Waals surface area (Å²) in [4.78, 5) is 21.3. The van der Waals surface area contributed by atoms with E-state index < -0.39 is 11.9 Å². The molecule has 0 saturated heterocycles. The Morgan fingerprint density at radius 1 is 1.46 bits per heavy atom. The van der Waals surface area contributed by atoms with Gasteiger partial charge in [-0.3, -0.25) is 0 Å². The molecule has 0 aliphatic rings. The van der Waals surface area contributed by atoms with Crippen LogP contribution in [-0.2, 0) is 14.3 Å². The third-order valence-corrected chi connectivity index (χ3v) is 1.54. The molecule has 0 atom stereocenters. The van der Waals surface area contributed by atoms with Crippen LogP contribution in [0.4, 0.5) is 0 Å². The number of esters is 1. The molecule has 0 aromatic carbocycles. The van der Waals surface area contributed by atoms with Crippen LogP contribution in [-0.4, -0.2) is 24.2 Å².